The van der Waals surface area contributed by atoms with Crippen LogP contribution in [0.5, 0.6) is 0 Å². The molecule has 0 saturated heterocycles. The summed E-state index contributed by atoms with van der Waals surface area (Å²) in [5.74, 6) is 1.61. The van der Waals surface area contributed by atoms with E-state index in [0.717, 1.165) is 44.2 Å². The first kappa shape index (κ1) is 24.3. The monoisotopic (exact) mass is 493 g/mol. The second kappa shape index (κ2) is 9.56. The molecule has 0 aromatic heterocycles. The van der Waals surface area contributed by atoms with Crippen molar-refractivity contribution < 1.29 is 9.18 Å². The summed E-state index contributed by atoms with van der Waals surface area (Å²) in [6.45, 7) is 1.02. The molecule has 35 heavy (non-hydrogen) atoms. The summed E-state index contributed by atoms with van der Waals surface area (Å²) in [6, 6.07) is 14.8. The van der Waals surface area contributed by atoms with Crippen LogP contribution >= 0.6 is 11.6 Å². The van der Waals surface area contributed by atoms with Gasteiger partial charge in [0.25, 0.3) is 0 Å². The van der Waals surface area contributed by atoms with E-state index in [4.69, 9.17) is 11.6 Å². The molecule has 1 amide bonds. The largest absolute Gasteiger partial charge is 0.326 e. The Hall–Kier alpha value is -2.42. The maximum absolute atomic E-state index is 13.6. The molecular weight excluding hydrogens is 461 g/mol. The summed E-state index contributed by atoms with van der Waals surface area (Å²) >= 11 is 5.92. The van der Waals surface area contributed by atoms with Crippen LogP contribution < -0.4 is 5.32 Å². The molecule has 1 N–H and O–H groups in total. The minimum absolute atomic E-state index is 0.0131. The molecule has 3 fully saturated rings. The van der Waals surface area contributed by atoms with Crippen LogP contribution in [0.1, 0.15) is 49.7 Å². The summed E-state index contributed by atoms with van der Waals surface area (Å²) in [4.78, 5) is 15.5. The van der Waals surface area contributed by atoms with Gasteiger partial charge in [0.05, 0.1) is 16.7 Å². The van der Waals surface area contributed by atoms with Crippen molar-refractivity contribution in [2.24, 2.45) is 29.6 Å². The second-order valence-corrected chi connectivity index (χ2v) is 11.5. The molecular formula is C29H33ClFN3O. The number of amides is 1. The van der Waals surface area contributed by atoms with Crippen molar-refractivity contribution in [2.45, 2.75) is 43.9 Å². The number of nitrogens with zero attached hydrogens (tertiary/aromatic N) is 2. The Balaban J connectivity index is 1.26. The van der Waals surface area contributed by atoms with E-state index in [1.807, 2.05) is 12.1 Å². The molecule has 6 heteroatoms. The molecule has 184 valence electrons. The van der Waals surface area contributed by atoms with Crippen molar-refractivity contribution in [3.05, 3.63) is 64.4 Å². The number of hydrogen-bond acceptors (Lipinski definition) is 3. The molecule has 0 aliphatic heterocycles. The summed E-state index contributed by atoms with van der Waals surface area (Å²) in [7, 11) is 4.17. The third-order valence-corrected chi connectivity index (χ3v) is 9.04. The lowest BCUT2D eigenvalue weighted by Gasteiger charge is -2.29. The number of nitriles is 1. The van der Waals surface area contributed by atoms with E-state index < -0.39 is 5.82 Å². The van der Waals surface area contributed by atoms with Crippen LogP contribution in [0.25, 0.3) is 0 Å². The van der Waals surface area contributed by atoms with Crippen LogP contribution in [0.3, 0.4) is 0 Å². The Morgan fingerprint density at radius 2 is 2.11 bits per heavy atom. The Morgan fingerprint density at radius 3 is 2.83 bits per heavy atom. The van der Waals surface area contributed by atoms with Crippen molar-refractivity contribution in [1.29, 1.82) is 5.26 Å². The van der Waals surface area contributed by atoms with Gasteiger partial charge < -0.3 is 10.2 Å². The number of hydrogen-bond donors (Lipinski definition) is 1. The minimum Gasteiger partial charge on any atom is -0.326 e. The van der Waals surface area contributed by atoms with Gasteiger partial charge in [0, 0.05) is 11.6 Å². The molecule has 6 atom stereocenters. The van der Waals surface area contributed by atoms with Gasteiger partial charge in [-0.05, 0) is 124 Å². The van der Waals surface area contributed by atoms with E-state index in [1.54, 1.807) is 6.07 Å². The maximum atomic E-state index is 13.6. The first-order valence-corrected chi connectivity index (χ1v) is 13.1. The van der Waals surface area contributed by atoms with Gasteiger partial charge in [-0.1, -0.05) is 23.7 Å². The molecule has 3 saturated carbocycles. The van der Waals surface area contributed by atoms with Crippen molar-refractivity contribution in [2.75, 3.05) is 26.0 Å². The van der Waals surface area contributed by atoms with Gasteiger partial charge in [0.2, 0.25) is 5.91 Å². The number of benzene rings is 2. The Kier molecular flexibility index (Phi) is 6.63. The van der Waals surface area contributed by atoms with E-state index in [1.165, 1.54) is 24.1 Å². The SMILES string of the molecule is CN(C)CCCC1C(C(=O)Nc2ccc(F)c(Cl)c2)[C@@H]1[C@@H]1CC[C@@]2(c3cccc(C#N)c3)CC2C1. The van der Waals surface area contributed by atoms with Crippen molar-refractivity contribution >= 4 is 23.2 Å². The van der Waals surface area contributed by atoms with Gasteiger partial charge in [0.1, 0.15) is 5.82 Å². The van der Waals surface area contributed by atoms with Gasteiger partial charge in [0.15, 0.2) is 0 Å². The third-order valence-electron chi connectivity index (χ3n) is 8.75. The quantitative estimate of drug-likeness (QED) is 0.472. The first-order valence-electron chi connectivity index (χ1n) is 12.7. The number of nitrogens with one attached hydrogen (secondary N) is 1. The predicted octanol–water partition coefficient (Wildman–Crippen LogP) is 6.25. The second-order valence-electron chi connectivity index (χ2n) is 11.1. The van der Waals surface area contributed by atoms with Crippen LogP contribution in [0.4, 0.5) is 10.1 Å². The maximum Gasteiger partial charge on any atom is 0.228 e. The predicted molar refractivity (Wildman–Crippen MR) is 137 cm³/mol. The standard InChI is InChI=1S/C29H33ClFN3O/c1-34(2)12-4-7-23-26(27(23)28(35)33-22-8-9-25(31)24(30)15-22)19-10-11-29(16-21(29)14-19)20-6-3-5-18(13-20)17-32/h3,5-6,8-9,13,15,19,21,23,26-27H,4,7,10-12,14,16H2,1-2H3,(H,33,35)/t19-,21?,23?,26-,27?,29+/m1/s1. The highest BCUT2D eigenvalue weighted by atomic mass is 35.5. The fourth-order valence-corrected chi connectivity index (χ4v) is 7.08. The summed E-state index contributed by atoms with van der Waals surface area (Å²) in [5, 5.41) is 12.3. The fourth-order valence-electron chi connectivity index (χ4n) is 6.90. The van der Waals surface area contributed by atoms with Gasteiger partial charge in [-0.3, -0.25) is 4.79 Å². The highest BCUT2D eigenvalue weighted by molar-refractivity contribution is 6.31. The molecule has 0 spiro atoms. The van der Waals surface area contributed by atoms with E-state index in [-0.39, 0.29) is 22.3 Å². The first-order chi connectivity index (χ1) is 16.8. The van der Waals surface area contributed by atoms with Crippen LogP contribution in [0.15, 0.2) is 42.5 Å². The zero-order valence-corrected chi connectivity index (χ0v) is 21.2. The number of carbonyl (C=O) groups excluding carboxylic acids is 1. The molecule has 0 heterocycles. The molecule has 5 rings (SSSR count). The Morgan fingerprint density at radius 1 is 1.29 bits per heavy atom. The average Bonchev–Trinajstić information content (AvgIpc) is 3.74. The zero-order chi connectivity index (χ0) is 24.7. The molecule has 3 aliphatic carbocycles. The minimum atomic E-state index is -0.481. The van der Waals surface area contributed by atoms with E-state index in [9.17, 15) is 14.4 Å². The third kappa shape index (κ3) is 4.84. The number of fused-ring (bicyclic) bond motifs is 1. The number of rotatable bonds is 8. The Bertz CT molecular complexity index is 1160. The van der Waals surface area contributed by atoms with Gasteiger partial charge >= 0.3 is 0 Å². The summed E-state index contributed by atoms with van der Waals surface area (Å²) in [5.41, 5.74) is 2.86. The van der Waals surface area contributed by atoms with Crippen LogP contribution in [-0.2, 0) is 10.2 Å². The highest BCUT2D eigenvalue weighted by Crippen LogP contribution is 2.68. The lowest BCUT2D eigenvalue weighted by molar-refractivity contribution is -0.118. The summed E-state index contributed by atoms with van der Waals surface area (Å²) < 4.78 is 13.6. The van der Waals surface area contributed by atoms with Crippen molar-refractivity contribution in [3.8, 4) is 6.07 Å². The molecule has 2 aromatic carbocycles. The highest BCUT2D eigenvalue weighted by Gasteiger charge is 2.63. The van der Waals surface area contributed by atoms with E-state index in [2.05, 4.69) is 42.5 Å². The number of anilines is 1. The molecule has 3 aliphatic rings. The summed E-state index contributed by atoms with van der Waals surface area (Å²) in [6.07, 6.45) is 6.77. The van der Waals surface area contributed by atoms with Crippen molar-refractivity contribution in [3.63, 3.8) is 0 Å². The van der Waals surface area contributed by atoms with E-state index >= 15 is 0 Å². The number of halogens is 2. The van der Waals surface area contributed by atoms with Crippen LogP contribution in [0, 0.1) is 46.7 Å². The lowest BCUT2D eigenvalue weighted by atomic mass is 9.75. The topological polar surface area (TPSA) is 56.1 Å². The smallest absolute Gasteiger partial charge is 0.228 e. The average molecular weight is 494 g/mol. The molecule has 0 bridgehead atoms. The lowest BCUT2D eigenvalue weighted by Crippen LogP contribution is -2.23. The van der Waals surface area contributed by atoms with Gasteiger partial charge in [-0.15, -0.1) is 0 Å². The Labute approximate surface area is 212 Å². The van der Waals surface area contributed by atoms with Crippen molar-refractivity contribution in [1.82, 2.24) is 4.90 Å². The van der Waals surface area contributed by atoms with Gasteiger partial charge in [-0.25, -0.2) is 4.39 Å². The molecule has 4 nitrogen and oxygen atoms in total. The van der Waals surface area contributed by atoms with Crippen LogP contribution in [0.2, 0.25) is 5.02 Å². The van der Waals surface area contributed by atoms with E-state index in [0.29, 0.717) is 29.4 Å². The number of carbonyl (C=O) groups is 1. The van der Waals surface area contributed by atoms with Crippen LogP contribution in [-0.4, -0.2) is 31.4 Å². The molecule has 3 unspecified atom stereocenters. The zero-order valence-electron chi connectivity index (χ0n) is 20.4. The fraction of sp³-hybridized carbons (Fsp3) is 0.517. The molecule has 2 aromatic rings. The van der Waals surface area contributed by atoms with Gasteiger partial charge in [-0.2, -0.15) is 5.26 Å². The molecule has 0 radical (unpaired) electrons. The normalized spacial score (nSPS) is 30.9.